The van der Waals surface area contributed by atoms with Crippen molar-refractivity contribution in [2.75, 3.05) is 19.8 Å². The van der Waals surface area contributed by atoms with Crippen LogP contribution >= 0.6 is 0 Å². The van der Waals surface area contributed by atoms with Gasteiger partial charge >= 0.3 is 0 Å². The SMILES string of the molecule is Fc1cccc(F)c1COCC(CNC1(C(COCc2c(F)cccc2F)c2c(F)cccc2F)CCCCC1)c1c(F)cccc1F. The molecule has 1 saturated carbocycles. The second-order valence-corrected chi connectivity index (χ2v) is 12.0. The van der Waals surface area contributed by atoms with E-state index in [2.05, 4.69) is 5.32 Å². The van der Waals surface area contributed by atoms with E-state index in [4.69, 9.17) is 9.47 Å². The molecular weight excluding hydrogens is 642 g/mol. The van der Waals surface area contributed by atoms with Crippen LogP contribution in [0.15, 0.2) is 72.8 Å². The van der Waals surface area contributed by atoms with Crippen LogP contribution in [0, 0.1) is 46.5 Å². The summed E-state index contributed by atoms with van der Waals surface area (Å²) in [5.41, 5.74) is -2.40. The molecule has 0 bridgehead atoms. The highest BCUT2D eigenvalue weighted by Crippen LogP contribution is 2.43. The summed E-state index contributed by atoms with van der Waals surface area (Å²) in [6.07, 6.45) is 2.87. The quantitative estimate of drug-likeness (QED) is 0.135. The molecule has 1 fully saturated rings. The second kappa shape index (κ2) is 16.1. The molecule has 4 aromatic carbocycles. The van der Waals surface area contributed by atoms with Gasteiger partial charge in [0.2, 0.25) is 0 Å². The summed E-state index contributed by atoms with van der Waals surface area (Å²) in [6, 6.07) is 13.5. The molecule has 2 atom stereocenters. The third-order valence-electron chi connectivity index (χ3n) is 9.09. The minimum Gasteiger partial charge on any atom is -0.376 e. The van der Waals surface area contributed by atoms with Crippen LogP contribution in [0.4, 0.5) is 35.1 Å². The summed E-state index contributed by atoms with van der Waals surface area (Å²) >= 11 is 0. The summed E-state index contributed by atoms with van der Waals surface area (Å²) in [4.78, 5) is 0. The van der Waals surface area contributed by atoms with Gasteiger partial charge in [-0.3, -0.25) is 0 Å². The van der Waals surface area contributed by atoms with Crippen molar-refractivity contribution in [3.63, 3.8) is 0 Å². The number of benzene rings is 4. The fourth-order valence-corrected chi connectivity index (χ4v) is 6.59. The molecule has 0 spiro atoms. The first kappa shape index (κ1) is 35.5. The van der Waals surface area contributed by atoms with E-state index < -0.39 is 77.1 Å². The second-order valence-electron chi connectivity index (χ2n) is 12.0. The lowest BCUT2D eigenvalue weighted by Crippen LogP contribution is -2.54. The Bertz CT molecular complexity index is 1610. The number of rotatable bonds is 14. The van der Waals surface area contributed by atoms with Crippen molar-refractivity contribution in [2.24, 2.45) is 0 Å². The molecule has 0 amide bonds. The van der Waals surface area contributed by atoms with E-state index >= 15 is 17.6 Å². The van der Waals surface area contributed by atoms with Gasteiger partial charge in [-0.25, -0.2) is 35.1 Å². The van der Waals surface area contributed by atoms with Gasteiger partial charge in [-0.1, -0.05) is 43.5 Å². The molecule has 0 radical (unpaired) electrons. The van der Waals surface area contributed by atoms with Crippen LogP contribution in [0.5, 0.6) is 0 Å². The van der Waals surface area contributed by atoms with Crippen molar-refractivity contribution in [1.29, 1.82) is 0 Å². The van der Waals surface area contributed by atoms with Crippen molar-refractivity contribution in [3.05, 3.63) is 142 Å². The zero-order valence-electron chi connectivity index (χ0n) is 26.0. The molecule has 1 aliphatic carbocycles. The minimum atomic E-state index is -1.09. The fraction of sp³-hybridized carbons (Fsp3) is 0.351. The summed E-state index contributed by atoms with van der Waals surface area (Å²) in [6.45, 7) is -1.90. The molecule has 1 N–H and O–H groups in total. The van der Waals surface area contributed by atoms with E-state index in [-0.39, 0.29) is 42.0 Å². The molecule has 0 saturated heterocycles. The zero-order valence-corrected chi connectivity index (χ0v) is 26.0. The fourth-order valence-electron chi connectivity index (χ4n) is 6.59. The van der Waals surface area contributed by atoms with Crippen molar-refractivity contribution >= 4 is 0 Å². The Morgan fingerprint density at radius 3 is 1.38 bits per heavy atom. The van der Waals surface area contributed by atoms with Gasteiger partial charge in [0, 0.05) is 46.2 Å². The van der Waals surface area contributed by atoms with Crippen LogP contribution in [-0.2, 0) is 22.7 Å². The molecule has 0 heterocycles. The smallest absolute Gasteiger partial charge is 0.131 e. The van der Waals surface area contributed by atoms with E-state index in [1.54, 1.807) is 0 Å². The molecule has 48 heavy (non-hydrogen) atoms. The largest absolute Gasteiger partial charge is 0.376 e. The molecule has 0 aromatic heterocycles. The lowest BCUT2D eigenvalue weighted by atomic mass is 9.69. The summed E-state index contributed by atoms with van der Waals surface area (Å²) in [5.74, 6) is -8.86. The van der Waals surface area contributed by atoms with Gasteiger partial charge in [0.05, 0.1) is 26.4 Å². The van der Waals surface area contributed by atoms with E-state index in [9.17, 15) is 17.6 Å². The number of hydrogen-bond acceptors (Lipinski definition) is 3. The minimum absolute atomic E-state index is 0.161. The van der Waals surface area contributed by atoms with Gasteiger partial charge in [0.15, 0.2) is 0 Å². The highest BCUT2D eigenvalue weighted by atomic mass is 19.2. The van der Waals surface area contributed by atoms with Crippen LogP contribution in [-0.4, -0.2) is 25.3 Å². The topological polar surface area (TPSA) is 30.5 Å². The number of nitrogens with one attached hydrogen (secondary N) is 1. The Morgan fingerprint density at radius 1 is 0.521 bits per heavy atom. The van der Waals surface area contributed by atoms with Gasteiger partial charge in [-0.15, -0.1) is 0 Å². The zero-order chi connectivity index (χ0) is 34.3. The van der Waals surface area contributed by atoms with Crippen LogP contribution in [0.1, 0.15) is 66.2 Å². The van der Waals surface area contributed by atoms with E-state index in [1.807, 2.05) is 0 Å². The average Bonchev–Trinajstić information content (AvgIpc) is 3.05. The molecule has 3 nitrogen and oxygen atoms in total. The van der Waals surface area contributed by atoms with Crippen LogP contribution in [0.2, 0.25) is 0 Å². The van der Waals surface area contributed by atoms with Crippen LogP contribution in [0.25, 0.3) is 0 Å². The van der Waals surface area contributed by atoms with E-state index in [1.165, 1.54) is 24.3 Å². The Labute approximate surface area is 273 Å². The van der Waals surface area contributed by atoms with Crippen molar-refractivity contribution in [1.82, 2.24) is 5.32 Å². The third kappa shape index (κ3) is 8.07. The first-order chi connectivity index (χ1) is 23.1. The van der Waals surface area contributed by atoms with Crippen molar-refractivity contribution in [3.8, 4) is 0 Å². The molecule has 11 heteroatoms. The average molecular weight is 678 g/mol. The van der Waals surface area contributed by atoms with Crippen LogP contribution < -0.4 is 5.32 Å². The molecule has 256 valence electrons. The summed E-state index contributed by atoms with van der Waals surface area (Å²) < 4.78 is 130. The highest BCUT2D eigenvalue weighted by Gasteiger charge is 2.43. The van der Waals surface area contributed by atoms with Gasteiger partial charge in [0.25, 0.3) is 0 Å². The molecule has 0 aliphatic heterocycles. The molecule has 1 aliphatic rings. The van der Waals surface area contributed by atoms with Crippen LogP contribution in [0.3, 0.4) is 0 Å². The van der Waals surface area contributed by atoms with Gasteiger partial charge in [-0.05, 0) is 61.4 Å². The van der Waals surface area contributed by atoms with Crippen molar-refractivity contribution in [2.45, 2.75) is 62.7 Å². The molecule has 5 rings (SSSR count). The lowest BCUT2D eigenvalue weighted by molar-refractivity contribution is 0.0523. The van der Waals surface area contributed by atoms with Gasteiger partial charge in [-0.2, -0.15) is 0 Å². The maximum Gasteiger partial charge on any atom is 0.131 e. The Hall–Kier alpha value is -3.80. The third-order valence-corrected chi connectivity index (χ3v) is 9.09. The summed E-state index contributed by atoms with van der Waals surface area (Å²) in [5, 5.41) is 3.36. The maximum atomic E-state index is 15.4. The van der Waals surface area contributed by atoms with Gasteiger partial charge < -0.3 is 14.8 Å². The monoisotopic (exact) mass is 677 g/mol. The Balaban J connectivity index is 1.46. The molecular formula is C37H35F8NO2. The lowest BCUT2D eigenvalue weighted by Gasteiger charge is -2.45. The number of halogens is 8. The Kier molecular flexibility index (Phi) is 11.9. The van der Waals surface area contributed by atoms with E-state index in [0.29, 0.717) is 25.7 Å². The number of hydrogen-bond donors (Lipinski definition) is 1. The predicted molar refractivity (Wildman–Crippen MR) is 164 cm³/mol. The number of ether oxygens (including phenoxy) is 2. The molecule has 2 unspecified atom stereocenters. The first-order valence-corrected chi connectivity index (χ1v) is 15.8. The first-order valence-electron chi connectivity index (χ1n) is 15.8. The molecule has 4 aromatic rings. The highest BCUT2D eigenvalue weighted by molar-refractivity contribution is 5.30. The van der Waals surface area contributed by atoms with E-state index in [0.717, 1.165) is 55.0 Å². The maximum absolute atomic E-state index is 15.4. The van der Waals surface area contributed by atoms with Gasteiger partial charge in [0.1, 0.15) is 46.5 Å². The standard InChI is InChI=1S/C37H35F8NO2/c38-27-8-4-9-28(39)24(27)20-47-19-23(35-31(42)12-6-13-32(35)43)18-46-37(16-2-1-3-17-37)26(36-33(44)14-7-15-34(36)45)22-48-21-25-29(40)10-5-11-30(25)41/h4-15,23,26,46H,1-3,16-22H2. The summed E-state index contributed by atoms with van der Waals surface area (Å²) in [7, 11) is 0. The normalized spacial score (nSPS) is 15.8. The predicted octanol–water partition coefficient (Wildman–Crippen LogP) is 9.39. The Morgan fingerprint density at radius 2 is 0.917 bits per heavy atom. The van der Waals surface area contributed by atoms with Crippen molar-refractivity contribution < 1.29 is 44.6 Å².